The Balaban J connectivity index is 2.26. The smallest absolute Gasteiger partial charge is 0.217 e. The first kappa shape index (κ1) is 8.99. The second kappa shape index (κ2) is 3.65. The molecule has 1 aliphatic rings. The lowest BCUT2D eigenvalue weighted by atomic mass is 10.1. The van der Waals surface area contributed by atoms with E-state index in [9.17, 15) is 4.79 Å². The Labute approximate surface area is 82.3 Å². The number of nitrogens with one attached hydrogen (secondary N) is 1. The van der Waals surface area contributed by atoms with Crippen molar-refractivity contribution in [3.63, 3.8) is 0 Å². The van der Waals surface area contributed by atoms with Gasteiger partial charge >= 0.3 is 0 Å². The summed E-state index contributed by atoms with van der Waals surface area (Å²) in [6.45, 7) is 2.14. The third-order valence-corrected chi connectivity index (χ3v) is 2.17. The molecule has 0 fully saturated rings. The van der Waals surface area contributed by atoms with Crippen molar-refractivity contribution in [1.29, 1.82) is 0 Å². The van der Waals surface area contributed by atoms with Crippen molar-refractivity contribution in [3.8, 4) is 5.75 Å². The Morgan fingerprint density at radius 2 is 2.57 bits per heavy atom. The van der Waals surface area contributed by atoms with Crippen molar-refractivity contribution < 1.29 is 9.53 Å². The van der Waals surface area contributed by atoms with Crippen LogP contribution in [0, 0.1) is 0 Å². The molecule has 0 saturated carbocycles. The van der Waals surface area contributed by atoms with Gasteiger partial charge in [-0.25, -0.2) is 0 Å². The molecule has 74 valence electrons. The van der Waals surface area contributed by atoms with Crippen molar-refractivity contribution in [2.24, 2.45) is 0 Å². The summed E-state index contributed by atoms with van der Waals surface area (Å²) < 4.78 is 5.42. The van der Waals surface area contributed by atoms with E-state index in [2.05, 4.69) is 10.3 Å². The molecule has 1 aromatic rings. The van der Waals surface area contributed by atoms with E-state index in [-0.39, 0.29) is 11.9 Å². The first-order valence-electron chi connectivity index (χ1n) is 4.62. The van der Waals surface area contributed by atoms with Gasteiger partial charge in [0, 0.05) is 19.5 Å². The number of fused-ring (bicyclic) bond motifs is 1. The van der Waals surface area contributed by atoms with Crippen LogP contribution in [0.5, 0.6) is 5.75 Å². The molecule has 0 radical (unpaired) electrons. The molecule has 14 heavy (non-hydrogen) atoms. The minimum Gasteiger partial charge on any atom is -0.491 e. The van der Waals surface area contributed by atoms with Gasteiger partial charge in [0.2, 0.25) is 5.91 Å². The number of nitrogens with zero attached hydrogens (tertiary/aromatic N) is 1. The average Bonchev–Trinajstić information content (AvgIpc) is 2.18. The van der Waals surface area contributed by atoms with Crippen LogP contribution < -0.4 is 10.1 Å². The summed E-state index contributed by atoms with van der Waals surface area (Å²) in [7, 11) is 0. The fourth-order valence-electron chi connectivity index (χ4n) is 1.60. The van der Waals surface area contributed by atoms with E-state index in [1.54, 1.807) is 6.20 Å². The van der Waals surface area contributed by atoms with Crippen LogP contribution in [0.2, 0.25) is 0 Å². The van der Waals surface area contributed by atoms with E-state index < -0.39 is 0 Å². The highest BCUT2D eigenvalue weighted by Crippen LogP contribution is 2.29. The van der Waals surface area contributed by atoms with Crippen LogP contribution in [0.4, 0.5) is 0 Å². The average molecular weight is 192 g/mol. The molecule has 2 rings (SSSR count). The summed E-state index contributed by atoms with van der Waals surface area (Å²) in [6, 6.07) is 3.70. The number of amides is 1. The maximum Gasteiger partial charge on any atom is 0.217 e. The largest absolute Gasteiger partial charge is 0.491 e. The van der Waals surface area contributed by atoms with E-state index in [4.69, 9.17) is 4.74 Å². The number of carbonyl (C=O) groups excluding carboxylic acids is 1. The summed E-state index contributed by atoms with van der Waals surface area (Å²) in [6.07, 6.45) is 2.49. The van der Waals surface area contributed by atoms with Crippen molar-refractivity contribution in [3.05, 3.63) is 24.0 Å². The van der Waals surface area contributed by atoms with Gasteiger partial charge in [-0.2, -0.15) is 0 Å². The molecule has 0 spiro atoms. The molecule has 1 aromatic heterocycles. The minimum atomic E-state index is -0.0338. The van der Waals surface area contributed by atoms with E-state index >= 15 is 0 Å². The normalized spacial score (nSPS) is 19.4. The van der Waals surface area contributed by atoms with Crippen molar-refractivity contribution in [2.45, 2.75) is 19.4 Å². The zero-order valence-corrected chi connectivity index (χ0v) is 7.99. The molecule has 4 heteroatoms. The molecule has 0 aromatic carbocycles. The maximum absolute atomic E-state index is 10.9. The molecule has 4 nitrogen and oxygen atoms in total. The van der Waals surface area contributed by atoms with Gasteiger partial charge in [-0.05, 0) is 12.1 Å². The Kier molecular flexibility index (Phi) is 2.35. The number of carbonyl (C=O) groups is 1. The number of hydrogen-bond donors (Lipinski definition) is 1. The molecule has 0 aliphatic carbocycles. The van der Waals surface area contributed by atoms with E-state index in [1.165, 1.54) is 6.92 Å². The van der Waals surface area contributed by atoms with Crippen LogP contribution in [0.25, 0.3) is 0 Å². The summed E-state index contributed by atoms with van der Waals surface area (Å²) >= 11 is 0. The molecule has 1 atom stereocenters. The topological polar surface area (TPSA) is 51.2 Å². The van der Waals surface area contributed by atoms with Crippen molar-refractivity contribution >= 4 is 5.91 Å². The highest BCUT2D eigenvalue weighted by molar-refractivity contribution is 5.73. The second-order valence-electron chi connectivity index (χ2n) is 3.28. The second-order valence-corrected chi connectivity index (χ2v) is 3.28. The van der Waals surface area contributed by atoms with Crippen molar-refractivity contribution in [2.75, 3.05) is 6.61 Å². The standard InChI is InChI=1S/C10H12N2O2/c1-7(13)12-8-4-6-14-9-3-2-5-11-10(8)9/h2-3,5,8H,4,6H2,1H3,(H,12,13). The fraction of sp³-hybridized carbons (Fsp3) is 0.400. The molecule has 1 amide bonds. The zero-order chi connectivity index (χ0) is 9.97. The van der Waals surface area contributed by atoms with Gasteiger partial charge < -0.3 is 10.1 Å². The molecular formula is C10H12N2O2. The molecule has 1 unspecified atom stereocenters. The molecule has 1 N–H and O–H groups in total. The predicted octanol–water partition coefficient (Wildman–Crippen LogP) is 1.04. The Bertz CT molecular complexity index is 352. The fourth-order valence-corrected chi connectivity index (χ4v) is 1.60. The summed E-state index contributed by atoms with van der Waals surface area (Å²) in [5, 5.41) is 2.86. The quantitative estimate of drug-likeness (QED) is 0.723. The number of aromatic nitrogens is 1. The third kappa shape index (κ3) is 1.69. The summed E-state index contributed by atoms with van der Waals surface area (Å²) in [5.41, 5.74) is 0.828. The third-order valence-electron chi connectivity index (χ3n) is 2.17. The molecular weight excluding hydrogens is 180 g/mol. The van der Waals surface area contributed by atoms with Gasteiger partial charge in [-0.3, -0.25) is 9.78 Å². The predicted molar refractivity (Wildman–Crippen MR) is 50.9 cm³/mol. The van der Waals surface area contributed by atoms with Gasteiger partial charge in [-0.1, -0.05) is 0 Å². The molecule has 2 heterocycles. The maximum atomic E-state index is 10.9. The SMILES string of the molecule is CC(=O)NC1CCOc2cccnc21. The first-order chi connectivity index (χ1) is 6.77. The summed E-state index contributed by atoms with van der Waals surface area (Å²) in [4.78, 5) is 15.2. The lowest BCUT2D eigenvalue weighted by molar-refractivity contribution is -0.119. The van der Waals surface area contributed by atoms with Crippen molar-refractivity contribution in [1.82, 2.24) is 10.3 Å². The van der Waals surface area contributed by atoms with Crippen LogP contribution in [0.15, 0.2) is 18.3 Å². The van der Waals surface area contributed by atoms with E-state index in [0.717, 1.165) is 17.9 Å². The molecule has 0 saturated heterocycles. The lowest BCUT2D eigenvalue weighted by Crippen LogP contribution is -2.31. The van der Waals surface area contributed by atoms with Gasteiger partial charge in [0.15, 0.2) is 0 Å². The minimum absolute atomic E-state index is 0.00236. The van der Waals surface area contributed by atoms with Crippen LogP contribution in [0.3, 0.4) is 0 Å². The van der Waals surface area contributed by atoms with Crippen LogP contribution >= 0.6 is 0 Å². The lowest BCUT2D eigenvalue weighted by Gasteiger charge is -2.24. The number of rotatable bonds is 1. The first-order valence-corrected chi connectivity index (χ1v) is 4.62. The number of ether oxygens (including phenoxy) is 1. The highest BCUT2D eigenvalue weighted by Gasteiger charge is 2.22. The molecule has 0 bridgehead atoms. The highest BCUT2D eigenvalue weighted by atomic mass is 16.5. The Morgan fingerprint density at radius 1 is 1.71 bits per heavy atom. The number of hydrogen-bond acceptors (Lipinski definition) is 3. The molecule has 1 aliphatic heterocycles. The zero-order valence-electron chi connectivity index (χ0n) is 7.99. The van der Waals surface area contributed by atoms with Gasteiger partial charge in [-0.15, -0.1) is 0 Å². The monoisotopic (exact) mass is 192 g/mol. The van der Waals surface area contributed by atoms with Gasteiger partial charge in [0.1, 0.15) is 11.4 Å². The number of pyridine rings is 1. The van der Waals surface area contributed by atoms with E-state index in [0.29, 0.717) is 6.61 Å². The van der Waals surface area contributed by atoms with Crippen LogP contribution in [-0.2, 0) is 4.79 Å². The van der Waals surface area contributed by atoms with Crippen LogP contribution in [0.1, 0.15) is 25.1 Å². The van der Waals surface area contributed by atoms with Crippen LogP contribution in [-0.4, -0.2) is 17.5 Å². The van der Waals surface area contributed by atoms with Gasteiger partial charge in [0.05, 0.1) is 12.6 Å². The Morgan fingerprint density at radius 3 is 3.36 bits per heavy atom. The summed E-state index contributed by atoms with van der Waals surface area (Å²) in [5.74, 6) is 0.742. The van der Waals surface area contributed by atoms with E-state index in [1.807, 2.05) is 12.1 Å². The Hall–Kier alpha value is -1.58. The van der Waals surface area contributed by atoms with Gasteiger partial charge in [0.25, 0.3) is 0 Å².